The molecule has 1 heterocycles. The number of anilines is 1. The third-order valence-corrected chi connectivity index (χ3v) is 4.38. The van der Waals surface area contributed by atoms with Crippen LogP contribution >= 0.6 is 0 Å². The molecule has 0 amide bonds. The maximum absolute atomic E-state index is 14.3. The molecule has 0 bridgehead atoms. The maximum Gasteiger partial charge on any atom is 0.146 e. The van der Waals surface area contributed by atoms with Crippen LogP contribution in [0, 0.1) is 11.7 Å². The first-order valence-corrected chi connectivity index (χ1v) is 7.91. The number of hydrogen-bond donors (Lipinski definition) is 1. The Morgan fingerprint density at radius 3 is 2.80 bits per heavy atom. The number of nitrogens with two attached hydrogens (primary N) is 1. The zero-order valence-electron chi connectivity index (χ0n) is 12.7. The van der Waals surface area contributed by atoms with Crippen LogP contribution in [0.2, 0.25) is 0 Å². The molecule has 1 aliphatic heterocycles. The third-order valence-electron chi connectivity index (χ3n) is 4.38. The van der Waals surface area contributed by atoms with Gasteiger partial charge in [0.15, 0.2) is 0 Å². The Labute approximate surface area is 122 Å². The molecule has 1 aromatic carbocycles. The Morgan fingerprint density at radius 2 is 2.15 bits per heavy atom. The summed E-state index contributed by atoms with van der Waals surface area (Å²) in [6, 6.07) is 5.33. The van der Waals surface area contributed by atoms with Gasteiger partial charge < -0.3 is 10.6 Å². The van der Waals surface area contributed by atoms with Crippen LogP contribution < -0.4 is 10.6 Å². The van der Waals surface area contributed by atoms with Gasteiger partial charge in [0.1, 0.15) is 5.82 Å². The van der Waals surface area contributed by atoms with Gasteiger partial charge in [0, 0.05) is 19.1 Å². The summed E-state index contributed by atoms with van der Waals surface area (Å²) in [6.45, 7) is 6.07. The summed E-state index contributed by atoms with van der Waals surface area (Å²) in [5.74, 6) is 0.685. The minimum Gasteiger partial charge on any atom is -0.369 e. The standard InChI is InChI=1S/C17H27FN2/c1-3-5-14-6-4-10-20(11-9-14)17-8-7-15(13(2)19)12-16(17)18/h7-8,12-14H,3-6,9-11,19H2,1-2H3/t13-,14?/m0/s1. The molecule has 1 aliphatic rings. The van der Waals surface area contributed by atoms with Crippen molar-refractivity contribution in [2.75, 3.05) is 18.0 Å². The molecule has 3 heteroatoms. The van der Waals surface area contributed by atoms with Gasteiger partial charge in [-0.25, -0.2) is 4.39 Å². The molecule has 1 unspecified atom stereocenters. The van der Waals surface area contributed by atoms with Crippen molar-refractivity contribution in [3.05, 3.63) is 29.6 Å². The van der Waals surface area contributed by atoms with E-state index in [2.05, 4.69) is 11.8 Å². The summed E-state index contributed by atoms with van der Waals surface area (Å²) in [4.78, 5) is 2.20. The van der Waals surface area contributed by atoms with Crippen molar-refractivity contribution in [1.82, 2.24) is 0 Å². The van der Waals surface area contributed by atoms with Crippen molar-refractivity contribution in [2.45, 2.75) is 52.0 Å². The largest absolute Gasteiger partial charge is 0.369 e. The van der Waals surface area contributed by atoms with E-state index in [9.17, 15) is 4.39 Å². The van der Waals surface area contributed by atoms with Crippen molar-refractivity contribution < 1.29 is 4.39 Å². The molecule has 0 aromatic heterocycles. The first-order valence-electron chi connectivity index (χ1n) is 7.91. The average molecular weight is 278 g/mol. The van der Waals surface area contributed by atoms with Gasteiger partial charge in [-0.2, -0.15) is 0 Å². The van der Waals surface area contributed by atoms with Crippen molar-refractivity contribution >= 4 is 5.69 Å². The van der Waals surface area contributed by atoms with Crippen LogP contribution in [0.3, 0.4) is 0 Å². The van der Waals surface area contributed by atoms with E-state index in [0.717, 1.165) is 30.3 Å². The third kappa shape index (κ3) is 3.72. The summed E-state index contributed by atoms with van der Waals surface area (Å²) in [5, 5.41) is 0. The van der Waals surface area contributed by atoms with E-state index in [4.69, 9.17) is 5.73 Å². The molecule has 2 nitrogen and oxygen atoms in total. The summed E-state index contributed by atoms with van der Waals surface area (Å²) in [6.07, 6.45) is 6.19. The van der Waals surface area contributed by atoms with Crippen molar-refractivity contribution in [3.63, 3.8) is 0 Å². The number of halogens is 1. The number of rotatable bonds is 4. The minimum atomic E-state index is -0.131. The summed E-state index contributed by atoms with van der Waals surface area (Å²) in [5.41, 5.74) is 7.42. The van der Waals surface area contributed by atoms with Crippen LogP contribution in [0.15, 0.2) is 18.2 Å². The minimum absolute atomic E-state index is 0.114. The summed E-state index contributed by atoms with van der Waals surface area (Å²) >= 11 is 0. The zero-order valence-corrected chi connectivity index (χ0v) is 12.7. The number of benzene rings is 1. The van der Waals surface area contributed by atoms with Gasteiger partial charge in [0.25, 0.3) is 0 Å². The van der Waals surface area contributed by atoms with Crippen LogP contribution in [-0.2, 0) is 0 Å². The highest BCUT2D eigenvalue weighted by Crippen LogP contribution is 2.28. The smallest absolute Gasteiger partial charge is 0.146 e. The van der Waals surface area contributed by atoms with Crippen LogP contribution in [-0.4, -0.2) is 13.1 Å². The Morgan fingerprint density at radius 1 is 1.35 bits per heavy atom. The number of hydrogen-bond acceptors (Lipinski definition) is 2. The molecule has 112 valence electrons. The van der Waals surface area contributed by atoms with Crippen molar-refractivity contribution in [3.8, 4) is 0 Å². The maximum atomic E-state index is 14.3. The number of nitrogens with zero attached hydrogens (tertiary/aromatic N) is 1. The molecular weight excluding hydrogens is 251 g/mol. The van der Waals surface area contributed by atoms with Crippen LogP contribution in [0.25, 0.3) is 0 Å². The predicted molar refractivity (Wildman–Crippen MR) is 83.5 cm³/mol. The Bertz CT molecular complexity index is 431. The van der Waals surface area contributed by atoms with Crippen LogP contribution in [0.4, 0.5) is 10.1 Å². The van der Waals surface area contributed by atoms with Gasteiger partial charge in [-0.1, -0.05) is 25.8 Å². The second-order valence-corrected chi connectivity index (χ2v) is 6.07. The van der Waals surface area contributed by atoms with Gasteiger partial charge in [-0.3, -0.25) is 0 Å². The van der Waals surface area contributed by atoms with Gasteiger partial charge in [0.2, 0.25) is 0 Å². The highest BCUT2D eigenvalue weighted by molar-refractivity contribution is 5.49. The molecule has 2 N–H and O–H groups in total. The lowest BCUT2D eigenvalue weighted by Crippen LogP contribution is -2.25. The average Bonchev–Trinajstić information content (AvgIpc) is 2.65. The molecule has 1 fully saturated rings. The van der Waals surface area contributed by atoms with E-state index >= 15 is 0 Å². The Balaban J connectivity index is 2.07. The van der Waals surface area contributed by atoms with Gasteiger partial charge in [-0.15, -0.1) is 0 Å². The predicted octanol–water partition coefficient (Wildman–Crippen LogP) is 4.25. The lowest BCUT2D eigenvalue weighted by Gasteiger charge is -2.24. The lowest BCUT2D eigenvalue weighted by atomic mass is 9.96. The molecule has 20 heavy (non-hydrogen) atoms. The molecule has 1 saturated heterocycles. The molecule has 1 aromatic rings. The lowest BCUT2D eigenvalue weighted by molar-refractivity contribution is 0.435. The highest BCUT2D eigenvalue weighted by atomic mass is 19.1. The van der Waals surface area contributed by atoms with Gasteiger partial charge in [0.05, 0.1) is 5.69 Å². The fourth-order valence-corrected chi connectivity index (χ4v) is 3.17. The fourth-order valence-electron chi connectivity index (χ4n) is 3.17. The molecule has 0 saturated carbocycles. The molecule has 0 spiro atoms. The van der Waals surface area contributed by atoms with E-state index in [1.807, 2.05) is 19.1 Å². The van der Waals surface area contributed by atoms with Crippen molar-refractivity contribution in [1.29, 1.82) is 0 Å². The molecule has 0 radical (unpaired) electrons. The molecule has 2 atom stereocenters. The quantitative estimate of drug-likeness (QED) is 0.892. The van der Waals surface area contributed by atoms with E-state index in [0.29, 0.717) is 0 Å². The van der Waals surface area contributed by atoms with E-state index in [1.165, 1.54) is 32.1 Å². The molecule has 2 rings (SSSR count). The van der Waals surface area contributed by atoms with Gasteiger partial charge in [-0.05, 0) is 49.8 Å². The van der Waals surface area contributed by atoms with Crippen molar-refractivity contribution in [2.24, 2.45) is 11.7 Å². The second-order valence-electron chi connectivity index (χ2n) is 6.07. The van der Waals surface area contributed by atoms with Gasteiger partial charge >= 0.3 is 0 Å². The Hall–Kier alpha value is -1.09. The summed E-state index contributed by atoms with van der Waals surface area (Å²) < 4.78 is 14.3. The van der Waals surface area contributed by atoms with Crippen LogP contribution in [0.1, 0.15) is 57.6 Å². The normalized spacial score (nSPS) is 21.6. The summed E-state index contributed by atoms with van der Waals surface area (Å²) in [7, 11) is 0. The first-order chi connectivity index (χ1) is 9.61. The second kappa shape index (κ2) is 7.07. The first kappa shape index (κ1) is 15.3. The van der Waals surface area contributed by atoms with E-state index in [-0.39, 0.29) is 11.9 Å². The highest BCUT2D eigenvalue weighted by Gasteiger charge is 2.19. The van der Waals surface area contributed by atoms with Crippen LogP contribution in [0.5, 0.6) is 0 Å². The topological polar surface area (TPSA) is 29.3 Å². The SMILES string of the molecule is CCCC1CCCN(c2ccc([C@H](C)N)cc2F)CC1. The fraction of sp³-hybridized carbons (Fsp3) is 0.647. The van der Waals surface area contributed by atoms with E-state index < -0.39 is 0 Å². The Kier molecular flexibility index (Phi) is 5.41. The molecular formula is C17H27FN2. The molecule has 0 aliphatic carbocycles. The monoisotopic (exact) mass is 278 g/mol. The van der Waals surface area contributed by atoms with E-state index in [1.54, 1.807) is 6.07 Å². The zero-order chi connectivity index (χ0) is 14.5.